The number of carbonyl (C=O) groups excluding carboxylic acids is 1. The highest BCUT2D eigenvalue weighted by atomic mass is 79.9. The molecule has 2 aromatic rings. The Morgan fingerprint density at radius 3 is 2.65 bits per heavy atom. The van der Waals surface area contributed by atoms with Crippen LogP contribution in [0.1, 0.15) is 10.4 Å². The number of nitrogen functional groups attached to an aromatic ring is 1. The molecule has 0 aliphatic heterocycles. The molecular weight excluding hydrogens is 282 g/mol. The normalized spacial score (nSPS) is 9.94. The molecule has 0 unspecified atom stereocenters. The first kappa shape index (κ1) is 11.6. The number of benzene rings is 1. The van der Waals surface area contributed by atoms with Crippen LogP contribution in [0.25, 0.3) is 0 Å². The zero-order valence-electron chi connectivity index (χ0n) is 8.85. The number of hydrogen-bond donors (Lipinski definition) is 2. The third kappa shape index (κ3) is 2.82. The molecule has 5 heteroatoms. The summed E-state index contributed by atoms with van der Waals surface area (Å²) in [6.07, 6.45) is 1.50. The number of anilines is 2. The number of amides is 1. The maximum atomic E-state index is 11.9. The minimum atomic E-state index is -0.213. The van der Waals surface area contributed by atoms with Gasteiger partial charge in [-0.3, -0.25) is 4.79 Å². The number of aromatic nitrogens is 1. The van der Waals surface area contributed by atoms with Crippen LogP contribution in [-0.4, -0.2) is 10.9 Å². The Balaban J connectivity index is 2.17. The van der Waals surface area contributed by atoms with Gasteiger partial charge in [-0.25, -0.2) is 4.98 Å². The second-order valence-corrected chi connectivity index (χ2v) is 4.27. The number of nitrogens with zero attached hydrogens (tertiary/aromatic N) is 1. The molecule has 0 fully saturated rings. The predicted molar refractivity (Wildman–Crippen MR) is 70.7 cm³/mol. The number of nitrogens with two attached hydrogens (primary N) is 1. The standard InChI is InChI=1S/C12H10BrN3O/c13-10-4-2-1-3-9(10)12(17)16-11-6-5-8(14)7-15-11/h1-7H,14H2,(H,15,16,17). The van der Waals surface area contributed by atoms with Crippen molar-refractivity contribution in [1.82, 2.24) is 4.98 Å². The third-order valence-corrected chi connectivity index (χ3v) is 2.84. The summed E-state index contributed by atoms with van der Waals surface area (Å²) in [7, 11) is 0. The molecule has 1 heterocycles. The Kier molecular flexibility index (Phi) is 3.39. The molecule has 0 aliphatic rings. The Labute approximate surface area is 107 Å². The van der Waals surface area contributed by atoms with Gasteiger partial charge in [-0.15, -0.1) is 0 Å². The van der Waals surface area contributed by atoms with Crippen LogP contribution in [0.3, 0.4) is 0 Å². The van der Waals surface area contributed by atoms with Crippen molar-refractivity contribution in [1.29, 1.82) is 0 Å². The van der Waals surface area contributed by atoms with Crippen LogP contribution in [0.15, 0.2) is 47.1 Å². The molecule has 17 heavy (non-hydrogen) atoms. The van der Waals surface area contributed by atoms with Gasteiger partial charge in [0.2, 0.25) is 0 Å². The molecule has 0 saturated carbocycles. The van der Waals surface area contributed by atoms with E-state index in [1.807, 2.05) is 12.1 Å². The molecule has 86 valence electrons. The Morgan fingerprint density at radius 2 is 2.00 bits per heavy atom. The quantitative estimate of drug-likeness (QED) is 0.894. The predicted octanol–water partition coefficient (Wildman–Crippen LogP) is 2.68. The maximum absolute atomic E-state index is 11.9. The fourth-order valence-electron chi connectivity index (χ4n) is 1.31. The zero-order chi connectivity index (χ0) is 12.3. The topological polar surface area (TPSA) is 68.0 Å². The Morgan fingerprint density at radius 1 is 1.24 bits per heavy atom. The van der Waals surface area contributed by atoms with Crippen LogP contribution in [0.2, 0.25) is 0 Å². The SMILES string of the molecule is Nc1ccc(NC(=O)c2ccccc2Br)nc1. The van der Waals surface area contributed by atoms with E-state index in [0.717, 1.165) is 4.47 Å². The van der Waals surface area contributed by atoms with Crippen molar-refractivity contribution in [3.8, 4) is 0 Å². The van der Waals surface area contributed by atoms with E-state index in [9.17, 15) is 4.79 Å². The van der Waals surface area contributed by atoms with Gasteiger partial charge in [0.15, 0.2) is 0 Å². The smallest absolute Gasteiger partial charge is 0.257 e. The first-order valence-electron chi connectivity index (χ1n) is 4.94. The number of halogens is 1. The maximum Gasteiger partial charge on any atom is 0.257 e. The fourth-order valence-corrected chi connectivity index (χ4v) is 1.77. The van der Waals surface area contributed by atoms with Gasteiger partial charge in [-0.2, -0.15) is 0 Å². The van der Waals surface area contributed by atoms with E-state index in [1.54, 1.807) is 24.3 Å². The second kappa shape index (κ2) is 4.97. The van der Waals surface area contributed by atoms with E-state index < -0.39 is 0 Å². The van der Waals surface area contributed by atoms with Crippen LogP contribution >= 0.6 is 15.9 Å². The zero-order valence-corrected chi connectivity index (χ0v) is 10.4. The molecule has 1 aromatic heterocycles. The number of carbonyl (C=O) groups is 1. The lowest BCUT2D eigenvalue weighted by molar-refractivity contribution is 0.102. The van der Waals surface area contributed by atoms with Crippen molar-refractivity contribution >= 4 is 33.3 Å². The highest BCUT2D eigenvalue weighted by Crippen LogP contribution is 2.17. The summed E-state index contributed by atoms with van der Waals surface area (Å²) in [6.45, 7) is 0. The summed E-state index contributed by atoms with van der Waals surface area (Å²) in [6, 6.07) is 10.5. The highest BCUT2D eigenvalue weighted by molar-refractivity contribution is 9.10. The molecule has 3 N–H and O–H groups in total. The van der Waals surface area contributed by atoms with E-state index in [1.165, 1.54) is 6.20 Å². The Hall–Kier alpha value is -1.88. The first-order valence-corrected chi connectivity index (χ1v) is 5.73. The molecule has 0 aliphatic carbocycles. The van der Waals surface area contributed by atoms with Crippen LogP contribution in [0.5, 0.6) is 0 Å². The number of pyridine rings is 1. The largest absolute Gasteiger partial charge is 0.397 e. The van der Waals surface area contributed by atoms with Crippen molar-refractivity contribution in [3.63, 3.8) is 0 Å². The lowest BCUT2D eigenvalue weighted by Crippen LogP contribution is -2.13. The van der Waals surface area contributed by atoms with E-state index in [4.69, 9.17) is 5.73 Å². The van der Waals surface area contributed by atoms with E-state index >= 15 is 0 Å². The van der Waals surface area contributed by atoms with Crippen LogP contribution in [0, 0.1) is 0 Å². The summed E-state index contributed by atoms with van der Waals surface area (Å²) in [5, 5.41) is 2.69. The summed E-state index contributed by atoms with van der Waals surface area (Å²) in [5.41, 5.74) is 6.63. The first-order chi connectivity index (χ1) is 8.16. The minimum Gasteiger partial charge on any atom is -0.397 e. The molecule has 2 rings (SSSR count). The average Bonchev–Trinajstić information content (AvgIpc) is 2.32. The van der Waals surface area contributed by atoms with Crippen LogP contribution in [0.4, 0.5) is 11.5 Å². The van der Waals surface area contributed by atoms with Crippen LogP contribution < -0.4 is 11.1 Å². The molecular formula is C12H10BrN3O. The van der Waals surface area contributed by atoms with Gasteiger partial charge in [0, 0.05) is 4.47 Å². The van der Waals surface area contributed by atoms with E-state index in [2.05, 4.69) is 26.2 Å². The average molecular weight is 292 g/mol. The molecule has 0 radical (unpaired) electrons. The van der Waals surface area contributed by atoms with Gasteiger partial charge in [0.25, 0.3) is 5.91 Å². The molecule has 4 nitrogen and oxygen atoms in total. The Bertz CT molecular complexity index is 540. The van der Waals surface area contributed by atoms with Gasteiger partial charge in [-0.1, -0.05) is 12.1 Å². The molecule has 0 saturated heterocycles. The van der Waals surface area contributed by atoms with Gasteiger partial charge < -0.3 is 11.1 Å². The summed E-state index contributed by atoms with van der Waals surface area (Å²) >= 11 is 3.32. The van der Waals surface area contributed by atoms with Gasteiger partial charge >= 0.3 is 0 Å². The van der Waals surface area contributed by atoms with Crippen molar-refractivity contribution in [2.75, 3.05) is 11.1 Å². The molecule has 1 amide bonds. The summed E-state index contributed by atoms with van der Waals surface area (Å²) in [5.74, 6) is 0.259. The van der Waals surface area contributed by atoms with Crippen molar-refractivity contribution < 1.29 is 4.79 Å². The molecule has 0 spiro atoms. The monoisotopic (exact) mass is 291 g/mol. The second-order valence-electron chi connectivity index (χ2n) is 3.41. The highest BCUT2D eigenvalue weighted by Gasteiger charge is 2.09. The number of nitrogens with one attached hydrogen (secondary N) is 1. The third-order valence-electron chi connectivity index (χ3n) is 2.15. The van der Waals surface area contributed by atoms with Gasteiger partial charge in [0.05, 0.1) is 17.4 Å². The van der Waals surface area contributed by atoms with E-state index in [-0.39, 0.29) is 5.91 Å². The molecule has 0 atom stereocenters. The lowest BCUT2D eigenvalue weighted by atomic mass is 10.2. The van der Waals surface area contributed by atoms with Gasteiger partial charge in [0.1, 0.15) is 5.82 Å². The summed E-state index contributed by atoms with van der Waals surface area (Å²) in [4.78, 5) is 15.9. The van der Waals surface area contributed by atoms with Gasteiger partial charge in [-0.05, 0) is 40.2 Å². The van der Waals surface area contributed by atoms with Crippen molar-refractivity contribution in [2.24, 2.45) is 0 Å². The lowest BCUT2D eigenvalue weighted by Gasteiger charge is -2.05. The van der Waals surface area contributed by atoms with Crippen LogP contribution in [-0.2, 0) is 0 Å². The number of hydrogen-bond acceptors (Lipinski definition) is 3. The minimum absolute atomic E-state index is 0.213. The molecule has 0 bridgehead atoms. The molecule has 1 aromatic carbocycles. The fraction of sp³-hybridized carbons (Fsp3) is 0. The summed E-state index contributed by atoms with van der Waals surface area (Å²) < 4.78 is 0.743. The van der Waals surface area contributed by atoms with Crippen molar-refractivity contribution in [2.45, 2.75) is 0 Å². The van der Waals surface area contributed by atoms with Crippen molar-refractivity contribution in [3.05, 3.63) is 52.6 Å². The number of rotatable bonds is 2. The van der Waals surface area contributed by atoms with E-state index in [0.29, 0.717) is 17.1 Å².